The van der Waals surface area contributed by atoms with E-state index in [-0.39, 0.29) is 11.8 Å². The van der Waals surface area contributed by atoms with Crippen LogP contribution in [0.3, 0.4) is 0 Å². The number of hydrogen-bond acceptors (Lipinski definition) is 2. The van der Waals surface area contributed by atoms with Gasteiger partial charge in [-0.15, -0.1) is 0 Å². The fourth-order valence-electron chi connectivity index (χ4n) is 2.40. The van der Waals surface area contributed by atoms with Gasteiger partial charge in [0.2, 0.25) is 5.91 Å². The summed E-state index contributed by atoms with van der Waals surface area (Å²) in [5.74, 6) is -0.879. The zero-order valence-corrected chi connectivity index (χ0v) is 9.50. The minimum atomic E-state index is -0.913. The molecule has 0 heterocycles. The molecule has 2 rings (SSSR count). The van der Waals surface area contributed by atoms with Gasteiger partial charge in [0.25, 0.3) is 0 Å². The van der Waals surface area contributed by atoms with E-state index in [0.717, 1.165) is 25.7 Å². The van der Waals surface area contributed by atoms with Crippen LogP contribution in [0, 0.1) is 5.92 Å². The van der Waals surface area contributed by atoms with Crippen LogP contribution in [0.15, 0.2) is 0 Å². The minimum Gasteiger partial charge on any atom is -0.480 e. The third kappa shape index (κ3) is 2.36. The van der Waals surface area contributed by atoms with Gasteiger partial charge in [-0.05, 0) is 25.7 Å². The van der Waals surface area contributed by atoms with Gasteiger partial charge >= 0.3 is 5.97 Å². The van der Waals surface area contributed by atoms with Gasteiger partial charge in [-0.2, -0.15) is 0 Å². The summed E-state index contributed by atoms with van der Waals surface area (Å²) in [4.78, 5) is 22.9. The standard InChI is InChI=1S/C12H19NO3/c14-10(9-5-3-1-2-4-6-9)13-12(7-8-12)11(15)16/h9H,1-8H2,(H,13,14)(H,15,16). The maximum absolute atomic E-state index is 11.9. The highest BCUT2D eigenvalue weighted by molar-refractivity contribution is 5.90. The van der Waals surface area contributed by atoms with Crippen LogP contribution in [0.25, 0.3) is 0 Å². The van der Waals surface area contributed by atoms with Crippen LogP contribution < -0.4 is 5.32 Å². The highest BCUT2D eigenvalue weighted by atomic mass is 16.4. The molecule has 2 aliphatic rings. The van der Waals surface area contributed by atoms with Crippen molar-refractivity contribution in [3.05, 3.63) is 0 Å². The lowest BCUT2D eigenvalue weighted by Gasteiger charge is -2.18. The lowest BCUT2D eigenvalue weighted by atomic mass is 9.99. The molecule has 4 nitrogen and oxygen atoms in total. The molecule has 2 saturated carbocycles. The molecule has 0 atom stereocenters. The van der Waals surface area contributed by atoms with E-state index < -0.39 is 11.5 Å². The van der Waals surface area contributed by atoms with Crippen LogP contribution in [0.5, 0.6) is 0 Å². The average molecular weight is 225 g/mol. The minimum absolute atomic E-state index is 0.0400. The number of hydrogen-bond donors (Lipinski definition) is 2. The first kappa shape index (κ1) is 11.4. The van der Waals surface area contributed by atoms with Gasteiger partial charge in [0.05, 0.1) is 0 Å². The van der Waals surface area contributed by atoms with Crippen LogP contribution >= 0.6 is 0 Å². The monoisotopic (exact) mass is 225 g/mol. The number of amides is 1. The summed E-state index contributed by atoms with van der Waals surface area (Å²) in [7, 11) is 0. The molecule has 4 heteroatoms. The van der Waals surface area contributed by atoms with Gasteiger partial charge in [-0.25, -0.2) is 4.79 Å². The Labute approximate surface area is 95.4 Å². The first-order valence-corrected chi connectivity index (χ1v) is 6.19. The molecule has 0 spiro atoms. The predicted octanol–water partition coefficient (Wildman–Crippen LogP) is 1.69. The van der Waals surface area contributed by atoms with Crippen molar-refractivity contribution in [2.75, 3.05) is 0 Å². The number of carbonyl (C=O) groups is 2. The lowest BCUT2D eigenvalue weighted by Crippen LogP contribution is -2.45. The molecule has 0 aliphatic heterocycles. The Hall–Kier alpha value is -1.06. The van der Waals surface area contributed by atoms with Crippen LogP contribution in [0.2, 0.25) is 0 Å². The van der Waals surface area contributed by atoms with E-state index in [9.17, 15) is 9.59 Å². The molecule has 90 valence electrons. The van der Waals surface area contributed by atoms with Crippen molar-refractivity contribution in [3.63, 3.8) is 0 Å². The van der Waals surface area contributed by atoms with Crippen molar-refractivity contribution in [1.29, 1.82) is 0 Å². The molecular formula is C12H19NO3. The maximum Gasteiger partial charge on any atom is 0.329 e. The summed E-state index contributed by atoms with van der Waals surface area (Å²) >= 11 is 0. The summed E-state index contributed by atoms with van der Waals surface area (Å²) in [6.45, 7) is 0. The Morgan fingerprint density at radius 2 is 1.62 bits per heavy atom. The Bertz CT molecular complexity index is 289. The van der Waals surface area contributed by atoms with Crippen molar-refractivity contribution in [3.8, 4) is 0 Å². The number of carboxylic acid groups (broad SMARTS) is 1. The summed E-state index contributed by atoms with van der Waals surface area (Å²) in [6.07, 6.45) is 7.60. The van der Waals surface area contributed by atoms with Crippen molar-refractivity contribution < 1.29 is 14.7 Å². The van der Waals surface area contributed by atoms with E-state index in [1.54, 1.807) is 0 Å². The second-order valence-corrected chi connectivity index (χ2v) is 5.06. The van der Waals surface area contributed by atoms with Gasteiger partial charge in [-0.1, -0.05) is 25.7 Å². The number of rotatable bonds is 3. The Kier molecular flexibility index (Phi) is 3.17. The molecule has 2 fully saturated rings. The average Bonchev–Trinajstić information content (AvgIpc) is 3.00. The zero-order chi connectivity index (χ0) is 11.6. The van der Waals surface area contributed by atoms with Crippen LogP contribution in [0.4, 0.5) is 0 Å². The number of carboxylic acids is 1. The van der Waals surface area contributed by atoms with Crippen LogP contribution in [-0.4, -0.2) is 22.5 Å². The van der Waals surface area contributed by atoms with Gasteiger partial charge in [-0.3, -0.25) is 4.79 Å². The molecule has 1 amide bonds. The summed E-state index contributed by atoms with van der Waals surface area (Å²) in [5, 5.41) is 11.7. The Morgan fingerprint density at radius 1 is 1.06 bits per heavy atom. The molecule has 0 aromatic rings. The van der Waals surface area contributed by atoms with Crippen molar-refractivity contribution in [2.45, 2.75) is 56.9 Å². The number of carbonyl (C=O) groups excluding carboxylic acids is 1. The molecule has 16 heavy (non-hydrogen) atoms. The molecule has 0 bridgehead atoms. The van der Waals surface area contributed by atoms with E-state index in [2.05, 4.69) is 5.32 Å². The van der Waals surface area contributed by atoms with Crippen molar-refractivity contribution >= 4 is 11.9 Å². The van der Waals surface area contributed by atoms with Gasteiger partial charge in [0, 0.05) is 5.92 Å². The highest BCUT2D eigenvalue weighted by Crippen LogP contribution is 2.36. The van der Waals surface area contributed by atoms with Gasteiger partial charge < -0.3 is 10.4 Å². The maximum atomic E-state index is 11.9. The Morgan fingerprint density at radius 3 is 2.06 bits per heavy atom. The smallest absolute Gasteiger partial charge is 0.329 e. The summed E-state index contributed by atoms with van der Waals surface area (Å²) < 4.78 is 0. The van der Waals surface area contributed by atoms with Crippen LogP contribution in [-0.2, 0) is 9.59 Å². The normalized spacial score (nSPS) is 24.5. The lowest BCUT2D eigenvalue weighted by molar-refractivity contribution is -0.143. The van der Waals surface area contributed by atoms with Crippen molar-refractivity contribution in [1.82, 2.24) is 5.32 Å². The zero-order valence-electron chi connectivity index (χ0n) is 9.50. The number of aliphatic carboxylic acids is 1. The second-order valence-electron chi connectivity index (χ2n) is 5.06. The van der Waals surface area contributed by atoms with Crippen LogP contribution in [0.1, 0.15) is 51.4 Å². The van der Waals surface area contributed by atoms with E-state index in [4.69, 9.17) is 5.11 Å². The first-order valence-electron chi connectivity index (χ1n) is 6.19. The van der Waals surface area contributed by atoms with E-state index in [1.165, 1.54) is 12.8 Å². The Balaban J connectivity index is 1.89. The molecule has 0 aromatic heterocycles. The van der Waals surface area contributed by atoms with Gasteiger partial charge in [0.15, 0.2) is 0 Å². The first-order chi connectivity index (χ1) is 7.64. The van der Waals surface area contributed by atoms with E-state index in [0.29, 0.717) is 12.8 Å². The SMILES string of the molecule is O=C(NC1(C(=O)O)CC1)C1CCCCCC1. The quantitative estimate of drug-likeness (QED) is 0.718. The molecule has 2 aliphatic carbocycles. The van der Waals surface area contributed by atoms with Gasteiger partial charge in [0.1, 0.15) is 5.54 Å². The molecule has 2 N–H and O–H groups in total. The third-order valence-corrected chi connectivity index (χ3v) is 3.75. The molecule has 0 radical (unpaired) electrons. The summed E-state index contributed by atoms with van der Waals surface area (Å²) in [5.41, 5.74) is -0.913. The fourth-order valence-corrected chi connectivity index (χ4v) is 2.40. The molecule has 0 unspecified atom stereocenters. The third-order valence-electron chi connectivity index (χ3n) is 3.75. The molecule has 0 aromatic carbocycles. The fraction of sp³-hybridized carbons (Fsp3) is 0.833. The highest BCUT2D eigenvalue weighted by Gasteiger charge is 2.52. The van der Waals surface area contributed by atoms with Crippen molar-refractivity contribution in [2.24, 2.45) is 5.92 Å². The van der Waals surface area contributed by atoms with E-state index >= 15 is 0 Å². The topological polar surface area (TPSA) is 66.4 Å². The summed E-state index contributed by atoms with van der Waals surface area (Å²) in [6, 6.07) is 0. The predicted molar refractivity (Wildman–Crippen MR) is 58.9 cm³/mol. The molecule has 0 saturated heterocycles. The molecular weight excluding hydrogens is 206 g/mol. The second kappa shape index (κ2) is 4.44. The largest absolute Gasteiger partial charge is 0.480 e. The van der Waals surface area contributed by atoms with E-state index in [1.807, 2.05) is 0 Å². The number of nitrogens with one attached hydrogen (secondary N) is 1.